The lowest BCUT2D eigenvalue weighted by Crippen LogP contribution is -2.50. The lowest BCUT2D eigenvalue weighted by molar-refractivity contribution is -0.384. The summed E-state index contributed by atoms with van der Waals surface area (Å²) in [5.74, 6) is 0. The smallest absolute Gasteiger partial charge is 0.332 e. The number of nitro benzene ring substituents is 1. The van der Waals surface area contributed by atoms with E-state index in [4.69, 9.17) is 12.2 Å². The van der Waals surface area contributed by atoms with Crippen LogP contribution in [0, 0.1) is 24.0 Å². The van der Waals surface area contributed by atoms with E-state index < -0.39 is 28.5 Å². The average Bonchev–Trinajstić information content (AvgIpc) is 2.62. The molecule has 0 atom stereocenters. The number of thiocarbonyl (C=S) groups is 1. The summed E-state index contributed by atoms with van der Waals surface area (Å²) < 4.78 is 92.3. The summed E-state index contributed by atoms with van der Waals surface area (Å²) in [7, 11) is 0. The van der Waals surface area contributed by atoms with E-state index in [0.29, 0.717) is 12.1 Å². The Morgan fingerprint density at radius 1 is 0.935 bits per heavy atom. The molecule has 2 aromatic carbocycles. The first-order chi connectivity index (χ1) is 14.1. The van der Waals surface area contributed by atoms with Gasteiger partial charge in [0.1, 0.15) is 0 Å². The van der Waals surface area contributed by atoms with Crippen molar-refractivity contribution in [2.24, 2.45) is 0 Å². The Bertz CT molecular complexity index is 985. The van der Waals surface area contributed by atoms with Gasteiger partial charge in [-0.25, -0.2) is 4.39 Å². The van der Waals surface area contributed by atoms with Crippen LogP contribution in [0.4, 0.5) is 47.8 Å². The van der Waals surface area contributed by atoms with Crippen molar-refractivity contribution in [3.63, 3.8) is 0 Å². The van der Waals surface area contributed by atoms with Gasteiger partial charge < -0.3 is 10.6 Å². The fourth-order valence-electron chi connectivity index (χ4n) is 2.82. The fourth-order valence-corrected chi connectivity index (χ4v) is 3.04. The fraction of sp³-hybridized carbons (Fsp3) is 0.278. The number of aryl methyl sites for hydroxylation is 2. The third-order valence-electron chi connectivity index (χ3n) is 4.27. The molecule has 31 heavy (non-hydrogen) atoms. The SMILES string of the molecule is Cc1cc(C(F)(C(F)(F)F)C(F)(F)F)cc(C)c1NC(=S)Nc1cccc([N+](=O)[O-])c1. The number of non-ortho nitro benzene ring substituents is 1. The molecule has 13 heteroatoms. The second-order valence-electron chi connectivity index (χ2n) is 6.53. The van der Waals surface area contributed by atoms with Crippen LogP contribution in [0.3, 0.4) is 0 Å². The summed E-state index contributed by atoms with van der Waals surface area (Å²) in [6.07, 6.45) is -12.4. The van der Waals surface area contributed by atoms with Crippen LogP contribution in [0.2, 0.25) is 0 Å². The minimum Gasteiger partial charge on any atom is -0.332 e. The summed E-state index contributed by atoms with van der Waals surface area (Å²) in [6.45, 7) is 2.37. The molecule has 2 rings (SSSR count). The van der Waals surface area contributed by atoms with Crippen LogP contribution in [0.1, 0.15) is 16.7 Å². The van der Waals surface area contributed by atoms with Gasteiger partial charge >= 0.3 is 18.0 Å². The second kappa shape index (κ2) is 8.29. The van der Waals surface area contributed by atoms with E-state index in [0.717, 1.165) is 0 Å². The second-order valence-corrected chi connectivity index (χ2v) is 6.93. The van der Waals surface area contributed by atoms with Gasteiger partial charge in [0.15, 0.2) is 5.11 Å². The van der Waals surface area contributed by atoms with Gasteiger partial charge in [-0.2, -0.15) is 26.3 Å². The Kier molecular flexibility index (Phi) is 6.50. The first-order valence-electron chi connectivity index (χ1n) is 8.34. The number of halogens is 7. The molecule has 0 aliphatic rings. The number of nitrogens with zero attached hydrogens (tertiary/aromatic N) is 1. The highest BCUT2D eigenvalue weighted by atomic mass is 32.1. The molecule has 0 aliphatic heterocycles. The maximum atomic E-state index is 14.3. The number of rotatable bonds is 4. The molecule has 2 N–H and O–H groups in total. The van der Waals surface area contributed by atoms with Crippen molar-refractivity contribution in [2.75, 3.05) is 10.6 Å². The zero-order valence-electron chi connectivity index (χ0n) is 15.8. The van der Waals surface area contributed by atoms with Crippen LogP contribution < -0.4 is 10.6 Å². The van der Waals surface area contributed by atoms with Gasteiger partial charge in [0, 0.05) is 29.1 Å². The summed E-state index contributed by atoms with van der Waals surface area (Å²) >= 11 is 5.04. The Labute approximate surface area is 176 Å². The summed E-state index contributed by atoms with van der Waals surface area (Å²) in [4.78, 5) is 10.2. The predicted molar refractivity (Wildman–Crippen MR) is 104 cm³/mol. The zero-order chi connectivity index (χ0) is 23.8. The molecule has 0 aromatic heterocycles. The Hall–Kier alpha value is -2.96. The van der Waals surface area contributed by atoms with Gasteiger partial charge in [0.2, 0.25) is 0 Å². The van der Waals surface area contributed by atoms with Crippen LogP contribution in [0.5, 0.6) is 0 Å². The molecular formula is C18H14F7N3O2S. The molecule has 5 nitrogen and oxygen atoms in total. The molecule has 0 saturated carbocycles. The minimum absolute atomic E-state index is 0.0541. The number of hydrogen-bond acceptors (Lipinski definition) is 3. The first-order valence-corrected chi connectivity index (χ1v) is 8.75. The highest BCUT2D eigenvalue weighted by molar-refractivity contribution is 7.80. The molecule has 0 fully saturated rings. The third-order valence-corrected chi connectivity index (χ3v) is 4.47. The number of benzene rings is 2. The van der Waals surface area contributed by atoms with E-state index in [1.54, 1.807) is 0 Å². The van der Waals surface area contributed by atoms with Crippen molar-refractivity contribution >= 4 is 34.4 Å². The Morgan fingerprint density at radius 3 is 1.90 bits per heavy atom. The molecule has 0 heterocycles. The molecule has 0 amide bonds. The molecule has 168 valence electrons. The van der Waals surface area contributed by atoms with Gasteiger partial charge in [-0.05, 0) is 43.3 Å². The number of hydrogen-bond donors (Lipinski definition) is 2. The normalized spacial score (nSPS) is 12.4. The average molecular weight is 469 g/mol. The highest BCUT2D eigenvalue weighted by Crippen LogP contribution is 2.53. The Morgan fingerprint density at radius 2 is 1.45 bits per heavy atom. The van der Waals surface area contributed by atoms with Crippen molar-refractivity contribution in [2.45, 2.75) is 31.9 Å². The zero-order valence-corrected chi connectivity index (χ0v) is 16.6. The van der Waals surface area contributed by atoms with E-state index in [1.165, 1.54) is 38.1 Å². The standard InChI is InChI=1S/C18H14F7N3O2S/c1-9-6-11(16(19,17(20,21)22)18(23,24)25)7-10(2)14(9)27-15(31)26-12-4-3-5-13(8-12)28(29)30/h3-8H,1-2H3,(H2,26,27,31). The van der Waals surface area contributed by atoms with Crippen LogP contribution in [-0.2, 0) is 5.67 Å². The van der Waals surface area contributed by atoms with Gasteiger partial charge in [0.25, 0.3) is 5.69 Å². The molecule has 0 spiro atoms. The number of nitrogens with one attached hydrogen (secondary N) is 2. The third kappa shape index (κ3) is 4.86. The van der Waals surface area contributed by atoms with Crippen molar-refractivity contribution < 1.29 is 35.7 Å². The van der Waals surface area contributed by atoms with Crippen molar-refractivity contribution in [3.05, 3.63) is 63.2 Å². The lowest BCUT2D eigenvalue weighted by atomic mass is 9.90. The van der Waals surface area contributed by atoms with Crippen LogP contribution in [0.25, 0.3) is 0 Å². The molecule has 0 unspecified atom stereocenters. The molecule has 0 saturated heterocycles. The van der Waals surface area contributed by atoms with Crippen LogP contribution >= 0.6 is 12.2 Å². The van der Waals surface area contributed by atoms with Crippen LogP contribution in [-0.4, -0.2) is 22.4 Å². The largest absolute Gasteiger partial charge is 0.435 e. The molecule has 2 aromatic rings. The Balaban J connectivity index is 2.35. The van der Waals surface area contributed by atoms with Crippen molar-refractivity contribution in [1.82, 2.24) is 0 Å². The quantitative estimate of drug-likeness (QED) is 0.238. The molecule has 0 aliphatic carbocycles. The molecule has 0 bridgehead atoms. The van der Waals surface area contributed by atoms with Gasteiger partial charge in [-0.15, -0.1) is 0 Å². The first kappa shape index (κ1) is 24.3. The van der Waals surface area contributed by atoms with Gasteiger partial charge in [-0.3, -0.25) is 10.1 Å². The van der Waals surface area contributed by atoms with E-state index in [1.807, 2.05) is 0 Å². The summed E-state index contributed by atoms with van der Waals surface area (Å²) in [6, 6.07) is 6.11. The summed E-state index contributed by atoms with van der Waals surface area (Å²) in [5, 5.41) is 15.9. The maximum absolute atomic E-state index is 14.3. The van der Waals surface area contributed by atoms with E-state index >= 15 is 0 Å². The van der Waals surface area contributed by atoms with E-state index in [2.05, 4.69) is 10.6 Å². The lowest BCUT2D eigenvalue weighted by Gasteiger charge is -2.31. The van der Waals surface area contributed by atoms with Gasteiger partial charge in [-0.1, -0.05) is 18.2 Å². The topological polar surface area (TPSA) is 67.2 Å². The van der Waals surface area contributed by atoms with Crippen LogP contribution in [0.15, 0.2) is 36.4 Å². The maximum Gasteiger partial charge on any atom is 0.435 e. The summed E-state index contributed by atoms with van der Waals surface area (Å²) in [5.41, 5.74) is -7.37. The minimum atomic E-state index is -6.22. The molecular weight excluding hydrogens is 455 g/mol. The van der Waals surface area contributed by atoms with E-state index in [-0.39, 0.29) is 33.3 Å². The van der Waals surface area contributed by atoms with Crippen molar-refractivity contribution in [1.29, 1.82) is 0 Å². The highest BCUT2D eigenvalue weighted by Gasteiger charge is 2.73. The van der Waals surface area contributed by atoms with E-state index in [9.17, 15) is 40.8 Å². The van der Waals surface area contributed by atoms with Crippen molar-refractivity contribution in [3.8, 4) is 0 Å². The monoisotopic (exact) mass is 469 g/mol. The number of nitro groups is 1. The number of anilines is 2. The predicted octanol–water partition coefficient (Wildman–Crippen LogP) is 6.31. The van der Waals surface area contributed by atoms with Gasteiger partial charge in [0.05, 0.1) is 4.92 Å². The number of alkyl halides is 7. The molecule has 0 radical (unpaired) electrons.